The number of urea groups is 1. The number of nitrogens with one attached hydrogen (secondary N) is 2. The van der Waals surface area contributed by atoms with Crippen LogP contribution >= 0.6 is 0 Å². The summed E-state index contributed by atoms with van der Waals surface area (Å²) in [6, 6.07) is 10.8. The highest BCUT2D eigenvalue weighted by Gasteiger charge is 2.49. The van der Waals surface area contributed by atoms with Crippen molar-refractivity contribution in [3.8, 4) is 11.5 Å². The molecule has 172 valence electrons. The number of nitrogens with zero attached hydrogens (tertiary/aromatic N) is 1. The molecule has 1 unspecified atom stereocenters. The van der Waals surface area contributed by atoms with Crippen molar-refractivity contribution in [3.63, 3.8) is 0 Å². The van der Waals surface area contributed by atoms with E-state index in [-0.39, 0.29) is 5.91 Å². The van der Waals surface area contributed by atoms with Crippen LogP contribution in [0.15, 0.2) is 42.5 Å². The molecule has 0 aromatic heterocycles. The maximum absolute atomic E-state index is 13.2. The third-order valence-corrected chi connectivity index (χ3v) is 5.66. The lowest BCUT2D eigenvalue weighted by Crippen LogP contribution is -2.41. The van der Waals surface area contributed by atoms with Crippen molar-refractivity contribution >= 4 is 29.3 Å². The fourth-order valence-corrected chi connectivity index (χ4v) is 3.82. The predicted molar refractivity (Wildman–Crippen MR) is 119 cm³/mol. The zero-order valence-corrected chi connectivity index (χ0v) is 18.5. The molecule has 2 N–H and O–H groups in total. The molecule has 33 heavy (non-hydrogen) atoms. The topological polar surface area (TPSA) is 114 Å². The van der Waals surface area contributed by atoms with Gasteiger partial charge in [0, 0.05) is 17.7 Å². The molecular weight excluding hydrogens is 426 g/mol. The minimum Gasteiger partial charge on any atom is -0.486 e. The summed E-state index contributed by atoms with van der Waals surface area (Å²) in [5, 5.41) is 5.44. The van der Waals surface area contributed by atoms with E-state index in [0.29, 0.717) is 47.9 Å². The number of ketones is 1. The van der Waals surface area contributed by atoms with Crippen LogP contribution in [0.1, 0.15) is 42.6 Å². The second-order valence-corrected chi connectivity index (χ2v) is 8.10. The number of carbonyl (C=O) groups excluding carboxylic acids is 4. The van der Waals surface area contributed by atoms with Crippen LogP contribution in [0.2, 0.25) is 0 Å². The Labute approximate surface area is 191 Å². The normalized spacial score (nSPS) is 19.3. The van der Waals surface area contributed by atoms with Gasteiger partial charge in [-0.2, -0.15) is 0 Å². The van der Waals surface area contributed by atoms with Gasteiger partial charge in [0.25, 0.3) is 5.91 Å². The van der Waals surface area contributed by atoms with Gasteiger partial charge in [0.05, 0.1) is 6.54 Å². The van der Waals surface area contributed by atoms with Gasteiger partial charge >= 0.3 is 6.03 Å². The van der Waals surface area contributed by atoms with Crippen LogP contribution < -0.4 is 20.1 Å². The number of amides is 4. The Morgan fingerprint density at radius 1 is 1.06 bits per heavy atom. The van der Waals surface area contributed by atoms with E-state index in [0.717, 1.165) is 11.3 Å². The quantitative estimate of drug-likeness (QED) is 0.494. The molecule has 2 aliphatic rings. The van der Waals surface area contributed by atoms with Crippen LogP contribution in [0.3, 0.4) is 0 Å². The first-order valence-corrected chi connectivity index (χ1v) is 10.8. The summed E-state index contributed by atoms with van der Waals surface area (Å²) < 4.78 is 11.1. The number of Topliss-reactive ketones (excluding diaryl/α,β-unsaturated/α-hetero) is 1. The molecule has 0 spiro atoms. The lowest BCUT2D eigenvalue weighted by molar-refractivity contribution is -0.130. The largest absolute Gasteiger partial charge is 0.486 e. The number of benzene rings is 2. The molecule has 4 amide bonds. The van der Waals surface area contributed by atoms with Crippen molar-refractivity contribution in [2.45, 2.75) is 32.2 Å². The molecule has 1 atom stereocenters. The van der Waals surface area contributed by atoms with E-state index in [9.17, 15) is 19.2 Å². The lowest BCUT2D eigenvalue weighted by Gasteiger charge is -2.25. The van der Waals surface area contributed by atoms with E-state index >= 15 is 0 Å². The summed E-state index contributed by atoms with van der Waals surface area (Å²) >= 11 is 0. The van der Waals surface area contributed by atoms with Gasteiger partial charge in [0.15, 0.2) is 17.3 Å². The van der Waals surface area contributed by atoms with E-state index in [4.69, 9.17) is 9.47 Å². The maximum Gasteiger partial charge on any atom is 0.325 e. The van der Waals surface area contributed by atoms with Gasteiger partial charge in [0.1, 0.15) is 18.8 Å². The standard InChI is InChI=1S/C24H25N3O6/c1-3-4-21(29)25-17-8-5-15(6-9-17)18(28)14-27-22(30)24(2,26-23(27)31)16-7-10-19-20(13-16)33-12-11-32-19/h5-10,13H,3-4,11-12,14H2,1-2H3,(H,25,29)(H,26,31). The third-order valence-electron chi connectivity index (χ3n) is 5.66. The average Bonchev–Trinajstić information content (AvgIpc) is 3.03. The summed E-state index contributed by atoms with van der Waals surface area (Å²) in [4.78, 5) is 51.2. The van der Waals surface area contributed by atoms with Gasteiger partial charge in [-0.25, -0.2) is 4.79 Å². The van der Waals surface area contributed by atoms with E-state index in [2.05, 4.69) is 10.6 Å². The molecule has 0 aliphatic carbocycles. The molecule has 2 aromatic rings. The maximum atomic E-state index is 13.2. The number of ether oxygens (including phenoxy) is 2. The lowest BCUT2D eigenvalue weighted by atomic mass is 9.91. The first-order valence-electron chi connectivity index (χ1n) is 10.8. The third kappa shape index (κ3) is 4.39. The van der Waals surface area contributed by atoms with Gasteiger partial charge in [-0.15, -0.1) is 0 Å². The zero-order chi connectivity index (χ0) is 23.6. The smallest absolute Gasteiger partial charge is 0.325 e. The fraction of sp³-hybridized carbons (Fsp3) is 0.333. The van der Waals surface area contributed by atoms with E-state index in [1.807, 2.05) is 6.92 Å². The molecule has 0 radical (unpaired) electrons. The Hall–Kier alpha value is -3.88. The van der Waals surface area contributed by atoms with E-state index < -0.39 is 29.8 Å². The Bertz CT molecular complexity index is 1110. The van der Waals surface area contributed by atoms with Crippen molar-refractivity contribution in [2.24, 2.45) is 0 Å². The minimum absolute atomic E-state index is 0.102. The second kappa shape index (κ2) is 8.93. The van der Waals surface area contributed by atoms with E-state index in [1.165, 1.54) is 0 Å². The van der Waals surface area contributed by atoms with E-state index in [1.54, 1.807) is 49.4 Å². The molecule has 0 bridgehead atoms. The molecule has 2 aromatic carbocycles. The van der Waals surface area contributed by atoms with Gasteiger partial charge in [-0.1, -0.05) is 13.0 Å². The summed E-state index contributed by atoms with van der Waals surface area (Å²) in [7, 11) is 0. The summed E-state index contributed by atoms with van der Waals surface area (Å²) in [5.74, 6) is 0.0566. The molecule has 2 heterocycles. The molecule has 1 fully saturated rings. The summed E-state index contributed by atoms with van der Waals surface area (Å²) in [6.45, 7) is 3.95. The number of rotatable bonds is 7. The molecule has 2 aliphatic heterocycles. The summed E-state index contributed by atoms with van der Waals surface area (Å²) in [5.41, 5.74) is 0.107. The van der Waals surface area contributed by atoms with Crippen molar-refractivity contribution in [1.29, 1.82) is 0 Å². The van der Waals surface area contributed by atoms with Crippen LogP contribution in [0.5, 0.6) is 11.5 Å². The predicted octanol–water partition coefficient (Wildman–Crippen LogP) is 2.85. The number of anilines is 1. The molecule has 9 heteroatoms. The monoisotopic (exact) mass is 451 g/mol. The highest BCUT2D eigenvalue weighted by Crippen LogP contribution is 2.36. The second-order valence-electron chi connectivity index (χ2n) is 8.10. The van der Waals surface area contributed by atoms with Crippen LogP contribution in [0.4, 0.5) is 10.5 Å². The summed E-state index contributed by atoms with van der Waals surface area (Å²) in [6.07, 6.45) is 1.15. The van der Waals surface area contributed by atoms with Crippen molar-refractivity contribution in [1.82, 2.24) is 10.2 Å². The SMILES string of the molecule is CCCC(=O)Nc1ccc(C(=O)CN2C(=O)NC(C)(c3ccc4c(c3)OCCO4)C2=O)cc1. The van der Waals surface area contributed by atoms with Crippen molar-refractivity contribution in [2.75, 3.05) is 25.1 Å². The van der Waals surface area contributed by atoms with Gasteiger partial charge in [-0.3, -0.25) is 19.3 Å². The Balaban J connectivity index is 1.47. The average molecular weight is 451 g/mol. The first kappa shape index (κ1) is 22.3. The van der Waals surface area contributed by atoms with Crippen LogP contribution in [-0.2, 0) is 15.1 Å². The Morgan fingerprint density at radius 2 is 1.76 bits per heavy atom. The van der Waals surface area contributed by atoms with Crippen LogP contribution in [-0.4, -0.2) is 48.3 Å². The zero-order valence-electron chi connectivity index (χ0n) is 18.5. The van der Waals surface area contributed by atoms with Crippen LogP contribution in [0, 0.1) is 0 Å². The molecular formula is C24H25N3O6. The number of carbonyl (C=O) groups is 4. The number of imide groups is 1. The Kier molecular flexibility index (Phi) is 6.04. The van der Waals surface area contributed by atoms with Crippen LogP contribution in [0.25, 0.3) is 0 Å². The highest BCUT2D eigenvalue weighted by molar-refractivity contribution is 6.11. The molecule has 4 rings (SSSR count). The first-order chi connectivity index (χ1) is 15.8. The van der Waals surface area contributed by atoms with Crippen molar-refractivity contribution < 1.29 is 28.7 Å². The van der Waals surface area contributed by atoms with Gasteiger partial charge in [0.2, 0.25) is 5.91 Å². The number of hydrogen-bond donors (Lipinski definition) is 2. The minimum atomic E-state index is -1.33. The highest BCUT2D eigenvalue weighted by atomic mass is 16.6. The van der Waals surface area contributed by atoms with Gasteiger partial charge in [-0.05, 0) is 55.3 Å². The van der Waals surface area contributed by atoms with Gasteiger partial charge < -0.3 is 20.1 Å². The molecule has 0 saturated carbocycles. The fourth-order valence-electron chi connectivity index (χ4n) is 3.82. The molecule has 9 nitrogen and oxygen atoms in total. The van der Waals surface area contributed by atoms with Crippen molar-refractivity contribution in [3.05, 3.63) is 53.6 Å². The number of fused-ring (bicyclic) bond motifs is 1. The Morgan fingerprint density at radius 3 is 2.45 bits per heavy atom. The molecule has 1 saturated heterocycles. The number of hydrogen-bond acceptors (Lipinski definition) is 6.